The monoisotopic (exact) mass is 478 g/mol. The molecule has 1 aliphatic rings. The van der Waals surface area contributed by atoms with Crippen molar-refractivity contribution < 1.29 is 19.1 Å². The minimum atomic E-state index is -0.917. The van der Waals surface area contributed by atoms with Crippen LogP contribution in [0.1, 0.15) is 35.6 Å². The highest BCUT2D eigenvalue weighted by Gasteiger charge is 2.33. The minimum Gasteiger partial charge on any atom is -0.465 e. The molecule has 1 unspecified atom stereocenters. The lowest BCUT2D eigenvalue weighted by atomic mass is 10.0. The summed E-state index contributed by atoms with van der Waals surface area (Å²) < 4.78 is 16.0. The van der Waals surface area contributed by atoms with Crippen molar-refractivity contribution in [3.05, 3.63) is 59.4 Å². The van der Waals surface area contributed by atoms with Gasteiger partial charge in [-0.15, -0.1) is 0 Å². The van der Waals surface area contributed by atoms with Crippen LogP contribution in [0.4, 0.5) is 20.6 Å². The predicted molar refractivity (Wildman–Crippen MR) is 132 cm³/mol. The summed E-state index contributed by atoms with van der Waals surface area (Å²) in [4.78, 5) is 35.9. The van der Waals surface area contributed by atoms with Crippen molar-refractivity contribution in [2.45, 2.75) is 39.8 Å². The van der Waals surface area contributed by atoms with Gasteiger partial charge in [-0.25, -0.2) is 14.2 Å². The number of rotatable bonds is 3. The first-order valence-corrected chi connectivity index (χ1v) is 11.5. The number of benzene rings is 1. The Morgan fingerprint density at radius 3 is 2.54 bits per heavy atom. The Labute approximate surface area is 201 Å². The van der Waals surface area contributed by atoms with Crippen LogP contribution in [0.5, 0.6) is 0 Å². The van der Waals surface area contributed by atoms with Crippen molar-refractivity contribution in [1.82, 2.24) is 19.3 Å². The molecule has 0 bridgehead atoms. The fourth-order valence-corrected chi connectivity index (χ4v) is 5.15. The standard InChI is InChI=1S/C25H27FN6O3/c1-13-7-19-21(30-10-15(3)32(25(34)35)16(4)11-30)6-5-18(22(19)27-13)24(33)29-17-8-20(26)23-28-14(2)9-31(23)12-17/h5-9,12,15-16,27H,10-11H2,1-4H3,(H,29,33)(H,34,35)/t15-,16?/m0/s1. The molecule has 1 fully saturated rings. The first-order chi connectivity index (χ1) is 16.6. The summed E-state index contributed by atoms with van der Waals surface area (Å²) in [6.45, 7) is 8.59. The number of piperazine rings is 1. The third-order valence-electron chi connectivity index (χ3n) is 6.52. The Morgan fingerprint density at radius 2 is 1.86 bits per heavy atom. The van der Waals surface area contributed by atoms with Gasteiger partial charge in [0.25, 0.3) is 5.91 Å². The van der Waals surface area contributed by atoms with Gasteiger partial charge < -0.3 is 24.7 Å². The summed E-state index contributed by atoms with van der Waals surface area (Å²) in [5.41, 5.74) is 4.16. The van der Waals surface area contributed by atoms with Crippen molar-refractivity contribution >= 4 is 39.9 Å². The van der Waals surface area contributed by atoms with E-state index in [-0.39, 0.29) is 23.6 Å². The molecule has 10 heteroatoms. The molecule has 1 aliphatic heterocycles. The molecule has 2 atom stereocenters. The van der Waals surface area contributed by atoms with Gasteiger partial charge in [-0.05, 0) is 45.9 Å². The number of H-pyrrole nitrogens is 1. The van der Waals surface area contributed by atoms with Gasteiger partial charge in [0, 0.05) is 48.3 Å². The van der Waals surface area contributed by atoms with Crippen molar-refractivity contribution in [2.24, 2.45) is 0 Å². The van der Waals surface area contributed by atoms with Crippen molar-refractivity contribution in [2.75, 3.05) is 23.3 Å². The molecule has 9 nitrogen and oxygen atoms in total. The van der Waals surface area contributed by atoms with Crippen LogP contribution in [0.15, 0.2) is 36.7 Å². The first-order valence-electron chi connectivity index (χ1n) is 11.5. The Balaban J connectivity index is 1.47. The van der Waals surface area contributed by atoms with Gasteiger partial charge in [0.2, 0.25) is 0 Å². The molecule has 0 radical (unpaired) electrons. The van der Waals surface area contributed by atoms with Gasteiger partial charge >= 0.3 is 6.09 Å². The highest BCUT2D eigenvalue weighted by Crippen LogP contribution is 2.33. The maximum atomic E-state index is 14.5. The van der Waals surface area contributed by atoms with Crippen molar-refractivity contribution in [3.63, 3.8) is 0 Å². The second kappa shape index (κ2) is 8.30. The maximum Gasteiger partial charge on any atom is 0.407 e. The van der Waals surface area contributed by atoms with Gasteiger partial charge in [0.05, 0.1) is 34.5 Å². The molecule has 5 rings (SSSR count). The predicted octanol–water partition coefficient (Wildman–Crippen LogP) is 4.40. The number of nitrogens with zero attached hydrogens (tertiary/aromatic N) is 4. The van der Waals surface area contributed by atoms with E-state index >= 15 is 0 Å². The lowest BCUT2D eigenvalue weighted by Crippen LogP contribution is -2.58. The number of aromatic amines is 1. The molecule has 1 aromatic carbocycles. The zero-order chi connectivity index (χ0) is 25.0. The third-order valence-corrected chi connectivity index (χ3v) is 6.52. The second-order valence-electron chi connectivity index (χ2n) is 9.31. The van der Waals surface area contributed by atoms with Crippen LogP contribution in [0, 0.1) is 19.7 Å². The van der Waals surface area contributed by atoms with Crippen LogP contribution >= 0.6 is 0 Å². The average Bonchev–Trinajstić information content (AvgIpc) is 3.33. The molecular formula is C25H27FN6O3. The summed E-state index contributed by atoms with van der Waals surface area (Å²) in [5.74, 6) is -0.882. The maximum absolute atomic E-state index is 14.5. The first kappa shape index (κ1) is 22.7. The molecule has 0 spiro atoms. The molecule has 35 heavy (non-hydrogen) atoms. The number of carboxylic acid groups (broad SMARTS) is 1. The second-order valence-corrected chi connectivity index (χ2v) is 9.31. The summed E-state index contributed by atoms with van der Waals surface area (Å²) in [7, 11) is 0. The number of hydrogen-bond acceptors (Lipinski definition) is 4. The third kappa shape index (κ3) is 3.94. The molecule has 4 heterocycles. The van der Waals surface area contributed by atoms with E-state index in [9.17, 15) is 19.1 Å². The van der Waals surface area contributed by atoms with Gasteiger partial charge in [-0.3, -0.25) is 9.69 Å². The van der Waals surface area contributed by atoms with Crippen LogP contribution in [0.3, 0.4) is 0 Å². The number of aryl methyl sites for hydroxylation is 2. The molecule has 3 aromatic heterocycles. The number of amides is 2. The SMILES string of the molecule is Cc1cn2cc(NC(=O)c3ccc(N4CC(C)N(C(=O)O)[C@@H](C)C4)c4cc(C)[nH]c34)cc(F)c2n1. The zero-order valence-electron chi connectivity index (χ0n) is 20.0. The molecule has 4 aromatic rings. The van der Waals surface area contributed by atoms with Gasteiger partial charge in [0.15, 0.2) is 11.5 Å². The summed E-state index contributed by atoms with van der Waals surface area (Å²) in [6.07, 6.45) is 2.41. The average molecular weight is 479 g/mol. The number of halogens is 1. The van der Waals surface area contributed by atoms with Crippen molar-refractivity contribution in [1.29, 1.82) is 0 Å². The van der Waals surface area contributed by atoms with E-state index in [1.807, 2.05) is 32.9 Å². The number of nitrogens with one attached hydrogen (secondary N) is 2. The van der Waals surface area contributed by atoms with E-state index in [4.69, 9.17) is 0 Å². The minimum absolute atomic E-state index is 0.175. The van der Waals surface area contributed by atoms with E-state index < -0.39 is 11.9 Å². The summed E-state index contributed by atoms with van der Waals surface area (Å²) in [6, 6.07) is 6.54. The van der Waals surface area contributed by atoms with Crippen LogP contribution in [-0.4, -0.2) is 61.5 Å². The molecule has 2 amide bonds. The zero-order valence-corrected chi connectivity index (χ0v) is 20.0. The Morgan fingerprint density at radius 1 is 1.14 bits per heavy atom. The number of carbonyl (C=O) groups is 2. The van der Waals surface area contributed by atoms with Crippen LogP contribution in [-0.2, 0) is 0 Å². The van der Waals surface area contributed by atoms with E-state index in [0.717, 1.165) is 16.8 Å². The fourth-order valence-electron chi connectivity index (χ4n) is 5.15. The number of imidazole rings is 1. The summed E-state index contributed by atoms with van der Waals surface area (Å²) in [5, 5.41) is 13.2. The van der Waals surface area contributed by atoms with Gasteiger partial charge in [-0.2, -0.15) is 0 Å². The van der Waals surface area contributed by atoms with Gasteiger partial charge in [-0.1, -0.05) is 0 Å². The lowest BCUT2D eigenvalue weighted by Gasteiger charge is -2.44. The van der Waals surface area contributed by atoms with E-state index in [0.29, 0.717) is 35.6 Å². The molecular weight excluding hydrogens is 451 g/mol. The van der Waals surface area contributed by atoms with Crippen molar-refractivity contribution in [3.8, 4) is 0 Å². The van der Waals surface area contributed by atoms with E-state index in [1.54, 1.807) is 29.8 Å². The Kier molecular flexibility index (Phi) is 5.38. The number of pyridine rings is 1. The quantitative estimate of drug-likeness (QED) is 0.405. The number of anilines is 2. The number of fused-ring (bicyclic) bond motifs is 2. The fraction of sp³-hybridized carbons (Fsp3) is 0.320. The highest BCUT2D eigenvalue weighted by atomic mass is 19.1. The van der Waals surface area contributed by atoms with Crippen LogP contribution in [0.2, 0.25) is 0 Å². The molecule has 1 saturated heterocycles. The van der Waals surface area contributed by atoms with E-state index in [2.05, 4.69) is 20.2 Å². The Hall–Kier alpha value is -4.08. The van der Waals surface area contributed by atoms with E-state index in [1.165, 1.54) is 11.0 Å². The number of hydrogen-bond donors (Lipinski definition) is 3. The topological polar surface area (TPSA) is 106 Å². The summed E-state index contributed by atoms with van der Waals surface area (Å²) >= 11 is 0. The number of carbonyl (C=O) groups excluding carboxylic acids is 1. The van der Waals surface area contributed by atoms with Crippen LogP contribution in [0.25, 0.3) is 16.6 Å². The smallest absolute Gasteiger partial charge is 0.407 e. The molecule has 3 N–H and O–H groups in total. The highest BCUT2D eigenvalue weighted by molar-refractivity contribution is 6.14. The normalized spacial score (nSPS) is 18.4. The largest absolute Gasteiger partial charge is 0.465 e. The molecule has 182 valence electrons. The molecule has 0 aliphatic carbocycles. The van der Waals surface area contributed by atoms with Crippen LogP contribution < -0.4 is 10.2 Å². The number of aromatic nitrogens is 3. The lowest BCUT2D eigenvalue weighted by molar-refractivity contribution is 0.0980. The van der Waals surface area contributed by atoms with Gasteiger partial charge in [0.1, 0.15) is 0 Å². The Bertz CT molecular complexity index is 1460. The molecule has 0 saturated carbocycles.